The third-order valence-corrected chi connectivity index (χ3v) is 4.01. The molecule has 0 bridgehead atoms. The third-order valence-electron chi connectivity index (χ3n) is 3.55. The first-order valence-corrected chi connectivity index (χ1v) is 7.71. The molecule has 0 atom stereocenters. The lowest BCUT2D eigenvalue weighted by Gasteiger charge is -2.19. The van der Waals surface area contributed by atoms with Crippen molar-refractivity contribution in [1.82, 2.24) is 5.32 Å². The second kappa shape index (κ2) is 7.15. The number of benzene rings is 1. The van der Waals surface area contributed by atoms with Crippen molar-refractivity contribution in [3.05, 3.63) is 22.2 Å². The monoisotopic (exact) mass is 327 g/mol. The minimum atomic E-state index is 0.350. The molecule has 1 fully saturated rings. The fourth-order valence-corrected chi connectivity index (χ4v) is 3.01. The molecule has 0 radical (unpaired) electrons. The van der Waals surface area contributed by atoms with Crippen LogP contribution in [0.2, 0.25) is 0 Å². The van der Waals surface area contributed by atoms with E-state index in [4.69, 9.17) is 9.47 Å². The predicted molar refractivity (Wildman–Crippen MR) is 81.2 cm³/mol. The normalized spacial score (nSPS) is 15.7. The second-order valence-electron chi connectivity index (χ2n) is 4.97. The van der Waals surface area contributed by atoms with Gasteiger partial charge in [-0.2, -0.15) is 0 Å². The molecule has 2 rings (SSSR count). The zero-order valence-corrected chi connectivity index (χ0v) is 13.3. The van der Waals surface area contributed by atoms with E-state index < -0.39 is 0 Å². The first-order chi connectivity index (χ1) is 9.24. The lowest BCUT2D eigenvalue weighted by molar-refractivity contribution is 0.198. The topological polar surface area (TPSA) is 30.5 Å². The molecule has 1 saturated carbocycles. The summed E-state index contributed by atoms with van der Waals surface area (Å²) in [5, 5.41) is 3.18. The zero-order chi connectivity index (χ0) is 13.7. The SMILES string of the molecule is CNCCc1cc(Br)cc(OC)c1OC1CCCC1. The number of likely N-dealkylation sites (N-methyl/N-ethyl adjacent to an activating group) is 1. The van der Waals surface area contributed by atoms with Crippen molar-refractivity contribution >= 4 is 15.9 Å². The molecule has 0 saturated heterocycles. The average molecular weight is 328 g/mol. The molecule has 3 nitrogen and oxygen atoms in total. The quantitative estimate of drug-likeness (QED) is 0.866. The van der Waals surface area contributed by atoms with Crippen molar-refractivity contribution in [3.8, 4) is 11.5 Å². The van der Waals surface area contributed by atoms with E-state index >= 15 is 0 Å². The number of ether oxygens (including phenoxy) is 2. The minimum Gasteiger partial charge on any atom is -0.493 e. The first kappa shape index (κ1) is 14.7. The van der Waals surface area contributed by atoms with Crippen LogP contribution >= 0.6 is 15.9 Å². The van der Waals surface area contributed by atoms with E-state index in [0.717, 1.165) is 41.8 Å². The van der Waals surface area contributed by atoms with Crippen LogP contribution in [0.4, 0.5) is 0 Å². The smallest absolute Gasteiger partial charge is 0.164 e. The molecule has 1 aromatic carbocycles. The van der Waals surface area contributed by atoms with Gasteiger partial charge in [0.1, 0.15) is 0 Å². The van der Waals surface area contributed by atoms with Crippen LogP contribution in [0.15, 0.2) is 16.6 Å². The Morgan fingerprint density at radius 2 is 2.05 bits per heavy atom. The van der Waals surface area contributed by atoms with Gasteiger partial charge in [0.15, 0.2) is 11.5 Å². The van der Waals surface area contributed by atoms with Gasteiger partial charge in [-0.25, -0.2) is 0 Å². The Balaban J connectivity index is 2.24. The molecule has 1 aliphatic rings. The fraction of sp³-hybridized carbons (Fsp3) is 0.600. The van der Waals surface area contributed by atoms with E-state index in [1.54, 1.807) is 7.11 Å². The summed E-state index contributed by atoms with van der Waals surface area (Å²) in [6.45, 7) is 0.931. The van der Waals surface area contributed by atoms with Gasteiger partial charge in [0.05, 0.1) is 13.2 Å². The van der Waals surface area contributed by atoms with Crippen LogP contribution in [-0.2, 0) is 6.42 Å². The number of nitrogens with one attached hydrogen (secondary N) is 1. The van der Waals surface area contributed by atoms with Crippen molar-refractivity contribution in [3.63, 3.8) is 0 Å². The largest absolute Gasteiger partial charge is 0.493 e. The Morgan fingerprint density at radius 1 is 1.32 bits per heavy atom. The Bertz CT molecular complexity index is 417. The van der Waals surface area contributed by atoms with Crippen LogP contribution in [0.25, 0.3) is 0 Å². The highest BCUT2D eigenvalue weighted by Gasteiger charge is 2.21. The van der Waals surface area contributed by atoms with Crippen molar-refractivity contribution < 1.29 is 9.47 Å². The maximum atomic E-state index is 6.21. The summed E-state index contributed by atoms with van der Waals surface area (Å²) in [7, 11) is 3.66. The molecule has 0 aliphatic heterocycles. The molecule has 1 aliphatic carbocycles. The molecular weight excluding hydrogens is 306 g/mol. The summed E-state index contributed by atoms with van der Waals surface area (Å²) in [6, 6.07) is 4.11. The molecule has 0 spiro atoms. The number of hydrogen-bond donors (Lipinski definition) is 1. The number of halogens is 1. The summed E-state index contributed by atoms with van der Waals surface area (Å²) in [4.78, 5) is 0. The molecule has 0 heterocycles. The molecule has 1 aromatic rings. The van der Waals surface area contributed by atoms with Crippen LogP contribution in [0.3, 0.4) is 0 Å². The highest BCUT2D eigenvalue weighted by Crippen LogP contribution is 2.37. The number of rotatable bonds is 6. The van der Waals surface area contributed by atoms with Gasteiger partial charge < -0.3 is 14.8 Å². The molecule has 0 amide bonds. The molecule has 1 N–H and O–H groups in total. The van der Waals surface area contributed by atoms with Crippen LogP contribution in [-0.4, -0.2) is 26.8 Å². The van der Waals surface area contributed by atoms with Crippen LogP contribution in [0, 0.1) is 0 Å². The highest BCUT2D eigenvalue weighted by atomic mass is 79.9. The fourth-order valence-electron chi connectivity index (χ4n) is 2.53. The average Bonchev–Trinajstić information content (AvgIpc) is 2.91. The van der Waals surface area contributed by atoms with Crippen LogP contribution in [0.5, 0.6) is 11.5 Å². The number of methoxy groups -OCH3 is 1. The molecule has 19 heavy (non-hydrogen) atoms. The Hall–Kier alpha value is -0.740. The molecule has 0 aromatic heterocycles. The van der Waals surface area contributed by atoms with Gasteiger partial charge in [0.2, 0.25) is 0 Å². The van der Waals surface area contributed by atoms with E-state index in [-0.39, 0.29) is 0 Å². The van der Waals surface area contributed by atoms with Gasteiger partial charge in [-0.15, -0.1) is 0 Å². The minimum absolute atomic E-state index is 0.350. The van der Waals surface area contributed by atoms with E-state index in [1.165, 1.54) is 18.4 Å². The van der Waals surface area contributed by atoms with Gasteiger partial charge in [0, 0.05) is 10.0 Å². The van der Waals surface area contributed by atoms with Gasteiger partial charge in [-0.05, 0) is 57.8 Å². The maximum absolute atomic E-state index is 6.21. The van der Waals surface area contributed by atoms with Gasteiger partial charge in [-0.1, -0.05) is 15.9 Å². The summed E-state index contributed by atoms with van der Waals surface area (Å²) < 4.78 is 12.7. The van der Waals surface area contributed by atoms with E-state index in [9.17, 15) is 0 Å². The Labute approximate surface area is 123 Å². The summed E-state index contributed by atoms with van der Waals surface area (Å²) >= 11 is 3.54. The third kappa shape index (κ3) is 3.86. The van der Waals surface area contributed by atoms with Crippen molar-refractivity contribution in [2.75, 3.05) is 20.7 Å². The standard InChI is InChI=1S/C15H22BrNO2/c1-17-8-7-11-9-12(16)10-14(18-2)15(11)19-13-5-3-4-6-13/h9-10,13,17H,3-8H2,1-2H3. The predicted octanol–water partition coefficient (Wildman–Crippen LogP) is 3.54. The van der Waals surface area contributed by atoms with Gasteiger partial charge >= 0.3 is 0 Å². The van der Waals surface area contributed by atoms with Crippen molar-refractivity contribution in [2.45, 2.75) is 38.2 Å². The lowest BCUT2D eigenvalue weighted by Crippen LogP contribution is -2.15. The van der Waals surface area contributed by atoms with E-state index in [1.807, 2.05) is 13.1 Å². The molecule has 4 heteroatoms. The van der Waals surface area contributed by atoms with Crippen molar-refractivity contribution in [1.29, 1.82) is 0 Å². The highest BCUT2D eigenvalue weighted by molar-refractivity contribution is 9.10. The van der Waals surface area contributed by atoms with Crippen LogP contribution < -0.4 is 14.8 Å². The Morgan fingerprint density at radius 3 is 2.68 bits per heavy atom. The van der Waals surface area contributed by atoms with Gasteiger partial charge in [0.25, 0.3) is 0 Å². The summed E-state index contributed by atoms with van der Waals surface area (Å²) in [5.74, 6) is 1.75. The Kier molecular flexibility index (Phi) is 5.52. The lowest BCUT2D eigenvalue weighted by atomic mass is 10.1. The number of hydrogen-bond acceptors (Lipinski definition) is 3. The molecular formula is C15H22BrNO2. The summed E-state index contributed by atoms with van der Waals surface area (Å²) in [5.41, 5.74) is 1.20. The maximum Gasteiger partial charge on any atom is 0.164 e. The van der Waals surface area contributed by atoms with Gasteiger partial charge in [-0.3, -0.25) is 0 Å². The van der Waals surface area contributed by atoms with Crippen LogP contribution in [0.1, 0.15) is 31.2 Å². The first-order valence-electron chi connectivity index (χ1n) is 6.92. The summed E-state index contributed by atoms with van der Waals surface area (Å²) in [6.07, 6.45) is 6.15. The van der Waals surface area contributed by atoms with E-state index in [0.29, 0.717) is 6.10 Å². The van der Waals surface area contributed by atoms with Crippen molar-refractivity contribution in [2.24, 2.45) is 0 Å². The van der Waals surface area contributed by atoms with E-state index in [2.05, 4.69) is 27.3 Å². The molecule has 0 unspecified atom stereocenters. The second-order valence-corrected chi connectivity index (χ2v) is 5.89. The molecule has 106 valence electrons. The zero-order valence-electron chi connectivity index (χ0n) is 11.7.